The van der Waals surface area contributed by atoms with Gasteiger partial charge in [-0.05, 0) is 105 Å². The van der Waals surface area contributed by atoms with Crippen molar-refractivity contribution in [2.24, 2.45) is 34.5 Å². The first kappa shape index (κ1) is 28.6. The Hall–Kier alpha value is -2.47. The zero-order chi connectivity index (χ0) is 28.6. The van der Waals surface area contributed by atoms with E-state index < -0.39 is 0 Å². The number of fused-ring (bicyclic) bond motifs is 5. The Morgan fingerprint density at radius 2 is 1.95 bits per heavy atom. The average Bonchev–Trinajstić information content (AvgIpc) is 3.56. The number of carbonyl (C=O) groups excluding carboxylic acids is 1. The molecule has 41 heavy (non-hydrogen) atoms. The van der Waals surface area contributed by atoms with Crippen molar-refractivity contribution in [2.45, 2.75) is 117 Å². The van der Waals surface area contributed by atoms with Crippen LogP contribution in [0.2, 0.25) is 0 Å². The molecule has 4 aliphatic rings. The van der Waals surface area contributed by atoms with Gasteiger partial charge in [0.15, 0.2) is 0 Å². The highest BCUT2D eigenvalue weighted by atomic mass is 16.5. The molecule has 0 bridgehead atoms. The molecule has 0 saturated heterocycles. The van der Waals surface area contributed by atoms with E-state index in [1.54, 1.807) is 12.5 Å². The van der Waals surface area contributed by atoms with Crippen LogP contribution in [-0.4, -0.2) is 33.1 Å². The summed E-state index contributed by atoms with van der Waals surface area (Å²) in [6.45, 7) is 10.8. The maximum atomic E-state index is 11.6. The molecule has 222 valence electrons. The van der Waals surface area contributed by atoms with Gasteiger partial charge in [0.1, 0.15) is 6.10 Å². The Bertz CT molecular complexity index is 1240. The van der Waals surface area contributed by atoms with Crippen LogP contribution in [0.4, 0.5) is 0 Å². The molecule has 6 nitrogen and oxygen atoms in total. The number of benzene rings is 1. The number of hydrogen-bond acceptors (Lipinski definition) is 5. The molecule has 3 saturated carbocycles. The highest BCUT2D eigenvalue weighted by Crippen LogP contribution is 2.66. The fourth-order valence-electron chi connectivity index (χ4n) is 9.85. The Morgan fingerprint density at radius 1 is 1.12 bits per heavy atom. The number of ether oxygens (including phenoxy) is 1. The molecule has 1 N–H and O–H groups in total. The van der Waals surface area contributed by atoms with Gasteiger partial charge in [0, 0.05) is 38.7 Å². The summed E-state index contributed by atoms with van der Waals surface area (Å²) in [5, 5.41) is 12.7. The second-order valence-electron chi connectivity index (χ2n) is 14.2. The summed E-state index contributed by atoms with van der Waals surface area (Å²) in [5.74, 6) is 2.94. The minimum absolute atomic E-state index is 0.0795. The van der Waals surface area contributed by atoms with Gasteiger partial charge in [0.05, 0.1) is 5.69 Å². The fraction of sp³-hybridized carbons (Fsp3) is 0.686. The standard InChI is InChI=1S/C35H50N4O2/c1-24(36-22-28-23-39(38-37-28)20-8-11-26-9-6-5-7-10-26)31-14-15-32-30-13-12-27-21-29(41-25(2)40)16-18-34(27,3)33(30)17-19-35(31,32)4/h5-7,9-10,12,23-24,29-33,36H,8,11,13-22H2,1-4H3/t24-,29+,30+,31-,32+,33+,34+,35-/m1/s1. The molecule has 6 heteroatoms. The van der Waals surface area contributed by atoms with E-state index in [0.717, 1.165) is 68.6 Å². The smallest absolute Gasteiger partial charge is 0.302 e. The number of carbonyl (C=O) groups is 1. The van der Waals surface area contributed by atoms with Gasteiger partial charge in [-0.25, -0.2) is 0 Å². The Balaban J connectivity index is 1.04. The van der Waals surface area contributed by atoms with E-state index >= 15 is 0 Å². The van der Waals surface area contributed by atoms with Crippen LogP contribution in [0.3, 0.4) is 0 Å². The summed E-state index contributed by atoms with van der Waals surface area (Å²) in [6, 6.07) is 11.1. The number of hydrogen-bond donors (Lipinski definition) is 1. The first-order chi connectivity index (χ1) is 19.8. The SMILES string of the molecule is CC(=O)O[C@H]1CC[C@@]2(C)C(=CC[C@H]3[C@@H]4CC[C@H]([C@@H](C)NCc5cn(CCCc6ccccc6)nn5)[C@@]4(C)CC[C@@H]32)C1. The van der Waals surface area contributed by atoms with Gasteiger partial charge in [-0.15, -0.1) is 5.10 Å². The van der Waals surface area contributed by atoms with E-state index in [1.165, 1.54) is 37.7 Å². The molecule has 0 radical (unpaired) electrons. The predicted octanol–water partition coefficient (Wildman–Crippen LogP) is 6.90. The summed E-state index contributed by atoms with van der Waals surface area (Å²) in [6.07, 6.45) is 16.6. The molecule has 3 fully saturated rings. The van der Waals surface area contributed by atoms with Crippen LogP contribution in [0.1, 0.15) is 96.7 Å². The molecule has 0 unspecified atom stereocenters. The van der Waals surface area contributed by atoms with E-state index in [4.69, 9.17) is 4.74 Å². The number of aromatic nitrogens is 3. The van der Waals surface area contributed by atoms with Crippen LogP contribution < -0.4 is 5.32 Å². The Morgan fingerprint density at radius 3 is 2.76 bits per heavy atom. The van der Waals surface area contributed by atoms with Crippen molar-refractivity contribution >= 4 is 5.97 Å². The van der Waals surface area contributed by atoms with Crippen LogP contribution in [-0.2, 0) is 29.0 Å². The van der Waals surface area contributed by atoms with E-state index in [-0.39, 0.29) is 17.5 Å². The summed E-state index contributed by atoms with van der Waals surface area (Å²) < 4.78 is 7.64. The lowest BCUT2D eigenvalue weighted by Crippen LogP contribution is -2.52. The minimum atomic E-state index is -0.135. The third-order valence-corrected chi connectivity index (χ3v) is 12.0. The van der Waals surface area contributed by atoms with Crippen molar-refractivity contribution in [1.82, 2.24) is 20.3 Å². The van der Waals surface area contributed by atoms with Crippen LogP contribution in [0.25, 0.3) is 0 Å². The van der Waals surface area contributed by atoms with E-state index in [9.17, 15) is 4.79 Å². The lowest BCUT2D eigenvalue weighted by Gasteiger charge is -2.58. The normalized spacial score (nSPS) is 35.1. The third kappa shape index (κ3) is 5.66. The molecule has 0 spiro atoms. The van der Waals surface area contributed by atoms with Crippen LogP contribution in [0.15, 0.2) is 48.2 Å². The Kier molecular flexibility index (Phi) is 8.15. The zero-order valence-electron chi connectivity index (χ0n) is 25.6. The Labute approximate surface area is 246 Å². The van der Waals surface area contributed by atoms with Crippen molar-refractivity contribution in [1.29, 1.82) is 0 Å². The lowest BCUT2D eigenvalue weighted by atomic mass is 9.47. The molecular weight excluding hydrogens is 508 g/mol. The van der Waals surface area contributed by atoms with Gasteiger partial charge in [-0.2, -0.15) is 0 Å². The minimum Gasteiger partial charge on any atom is -0.462 e. The van der Waals surface area contributed by atoms with Crippen LogP contribution >= 0.6 is 0 Å². The number of nitrogens with one attached hydrogen (secondary N) is 1. The maximum absolute atomic E-state index is 11.6. The average molecular weight is 559 g/mol. The molecule has 0 aliphatic heterocycles. The van der Waals surface area contributed by atoms with Crippen molar-refractivity contribution < 1.29 is 9.53 Å². The summed E-state index contributed by atoms with van der Waals surface area (Å²) >= 11 is 0. The first-order valence-electron chi connectivity index (χ1n) is 16.3. The topological polar surface area (TPSA) is 69.0 Å². The number of allylic oxidation sites excluding steroid dienone is 1. The number of nitrogens with zero attached hydrogens (tertiary/aromatic N) is 3. The summed E-state index contributed by atoms with van der Waals surface area (Å²) in [4.78, 5) is 11.6. The summed E-state index contributed by atoms with van der Waals surface area (Å²) in [7, 11) is 0. The summed E-state index contributed by atoms with van der Waals surface area (Å²) in [5.41, 5.74) is 4.70. The highest BCUT2D eigenvalue weighted by Gasteiger charge is 2.59. The molecule has 4 aliphatic carbocycles. The molecule has 0 amide bonds. The molecule has 1 aromatic carbocycles. The van der Waals surface area contributed by atoms with Crippen LogP contribution in [0, 0.1) is 34.5 Å². The number of rotatable bonds is 9. The monoisotopic (exact) mass is 558 g/mol. The van der Waals surface area contributed by atoms with Gasteiger partial charge in [0.2, 0.25) is 0 Å². The molecule has 2 aromatic rings. The van der Waals surface area contributed by atoms with E-state index in [1.807, 2.05) is 4.68 Å². The van der Waals surface area contributed by atoms with Gasteiger partial charge >= 0.3 is 5.97 Å². The fourth-order valence-corrected chi connectivity index (χ4v) is 9.85. The number of esters is 1. The van der Waals surface area contributed by atoms with Crippen molar-refractivity contribution in [3.05, 3.63) is 59.4 Å². The van der Waals surface area contributed by atoms with Gasteiger partial charge in [-0.3, -0.25) is 9.48 Å². The van der Waals surface area contributed by atoms with Crippen molar-refractivity contribution in [3.63, 3.8) is 0 Å². The lowest BCUT2D eigenvalue weighted by molar-refractivity contribution is -0.148. The van der Waals surface area contributed by atoms with E-state index in [0.29, 0.717) is 17.4 Å². The van der Waals surface area contributed by atoms with Crippen molar-refractivity contribution in [3.8, 4) is 0 Å². The second-order valence-corrected chi connectivity index (χ2v) is 14.2. The molecular formula is C35H50N4O2. The molecule has 1 aromatic heterocycles. The van der Waals surface area contributed by atoms with Gasteiger partial charge in [-0.1, -0.05) is 61.0 Å². The largest absolute Gasteiger partial charge is 0.462 e. The third-order valence-electron chi connectivity index (χ3n) is 12.0. The van der Waals surface area contributed by atoms with Gasteiger partial charge in [0.25, 0.3) is 0 Å². The second kappa shape index (κ2) is 11.7. The molecule has 6 rings (SSSR count). The zero-order valence-corrected chi connectivity index (χ0v) is 25.6. The molecule has 1 heterocycles. The first-order valence-corrected chi connectivity index (χ1v) is 16.3. The quantitative estimate of drug-likeness (QED) is 0.268. The predicted molar refractivity (Wildman–Crippen MR) is 162 cm³/mol. The van der Waals surface area contributed by atoms with Crippen molar-refractivity contribution in [2.75, 3.05) is 0 Å². The van der Waals surface area contributed by atoms with Crippen LogP contribution in [0.5, 0.6) is 0 Å². The van der Waals surface area contributed by atoms with E-state index in [2.05, 4.69) is 79.0 Å². The van der Waals surface area contributed by atoms with Gasteiger partial charge < -0.3 is 10.1 Å². The molecule has 8 atom stereocenters. The highest BCUT2D eigenvalue weighted by molar-refractivity contribution is 5.66. The maximum Gasteiger partial charge on any atom is 0.302 e. The number of aryl methyl sites for hydroxylation is 2.